The second-order valence-electron chi connectivity index (χ2n) is 10.2. The summed E-state index contributed by atoms with van der Waals surface area (Å²) >= 11 is 0. The minimum absolute atomic E-state index is 0.0684. The number of carbonyl (C=O) groups is 2. The maximum Gasteiger partial charge on any atom is 0.426 e. The van der Waals surface area contributed by atoms with E-state index < -0.39 is 17.8 Å². The maximum absolute atomic E-state index is 12.3. The van der Waals surface area contributed by atoms with Crippen molar-refractivity contribution in [3.63, 3.8) is 0 Å². The highest BCUT2D eigenvalue weighted by molar-refractivity contribution is 5.73. The minimum Gasteiger partial charge on any atom is -0.464 e. The van der Waals surface area contributed by atoms with E-state index in [1.54, 1.807) is 20.8 Å². The first-order valence-electron chi connectivity index (χ1n) is 12.0. The predicted octanol–water partition coefficient (Wildman–Crippen LogP) is 5.67. The van der Waals surface area contributed by atoms with E-state index in [1.165, 1.54) is 11.1 Å². The predicted molar refractivity (Wildman–Crippen MR) is 132 cm³/mol. The van der Waals surface area contributed by atoms with E-state index >= 15 is 0 Å². The average molecular weight is 468 g/mol. The Morgan fingerprint density at radius 1 is 0.971 bits per heavy atom. The van der Waals surface area contributed by atoms with Crippen LogP contribution in [0.2, 0.25) is 0 Å². The maximum atomic E-state index is 12.3. The normalized spacial score (nSPS) is 20.6. The molecule has 7 heteroatoms. The number of nitrogens with zero attached hydrogens (tertiary/aromatic N) is 2. The fourth-order valence-corrected chi connectivity index (χ4v) is 4.69. The Kier molecular flexibility index (Phi) is 8.56. The Morgan fingerprint density at radius 2 is 1.50 bits per heavy atom. The van der Waals surface area contributed by atoms with Gasteiger partial charge in [-0.3, -0.25) is 4.90 Å². The molecule has 0 aromatic heterocycles. The van der Waals surface area contributed by atoms with E-state index in [0.717, 1.165) is 30.9 Å². The highest BCUT2D eigenvalue weighted by Gasteiger charge is 2.37. The smallest absolute Gasteiger partial charge is 0.426 e. The molecule has 0 aliphatic heterocycles. The van der Waals surface area contributed by atoms with Crippen molar-refractivity contribution in [1.29, 1.82) is 0 Å². The van der Waals surface area contributed by atoms with Gasteiger partial charge in [-0.25, -0.2) is 20.0 Å². The average Bonchev–Trinajstić information content (AvgIpc) is 2.77. The third-order valence-electron chi connectivity index (χ3n) is 6.22. The van der Waals surface area contributed by atoms with E-state index in [-0.39, 0.29) is 12.0 Å². The number of rotatable bonds is 6. The summed E-state index contributed by atoms with van der Waals surface area (Å²) in [5, 5.41) is 10.8. The quantitative estimate of drug-likeness (QED) is 0.535. The molecule has 1 aliphatic rings. The second kappa shape index (κ2) is 11.4. The Labute approximate surface area is 202 Å². The fourth-order valence-electron chi connectivity index (χ4n) is 4.69. The molecule has 0 bridgehead atoms. The first-order valence-corrected chi connectivity index (χ1v) is 12.0. The molecule has 0 heterocycles. The summed E-state index contributed by atoms with van der Waals surface area (Å²) in [7, 11) is 0. The third kappa shape index (κ3) is 7.48. The van der Waals surface area contributed by atoms with Gasteiger partial charge >= 0.3 is 12.2 Å². The number of amides is 2. The highest BCUT2D eigenvalue weighted by Crippen LogP contribution is 2.32. The van der Waals surface area contributed by atoms with Crippen LogP contribution in [-0.2, 0) is 17.8 Å². The molecule has 0 saturated heterocycles. The molecule has 34 heavy (non-hydrogen) atoms. The van der Waals surface area contributed by atoms with Gasteiger partial charge in [-0.2, -0.15) is 0 Å². The summed E-state index contributed by atoms with van der Waals surface area (Å²) in [6, 6.07) is 20.9. The molecule has 0 spiro atoms. The molecule has 0 radical (unpaired) electrons. The lowest BCUT2D eigenvalue weighted by Crippen LogP contribution is -2.57. The molecule has 1 aliphatic carbocycles. The van der Waals surface area contributed by atoms with Crippen LogP contribution in [0.25, 0.3) is 0 Å². The van der Waals surface area contributed by atoms with Gasteiger partial charge in [0.15, 0.2) is 0 Å². The Bertz CT molecular complexity index is 888. The lowest BCUT2D eigenvalue weighted by atomic mass is 9.81. The van der Waals surface area contributed by atoms with Crippen molar-refractivity contribution in [2.24, 2.45) is 5.92 Å². The van der Waals surface area contributed by atoms with Crippen LogP contribution in [-0.4, -0.2) is 44.9 Å². The van der Waals surface area contributed by atoms with E-state index in [1.807, 2.05) is 12.1 Å². The molecule has 2 aromatic rings. The van der Waals surface area contributed by atoms with Crippen LogP contribution in [0.5, 0.6) is 0 Å². The molecule has 3 rings (SSSR count). The number of nitrogens with one attached hydrogen (secondary N) is 1. The van der Waals surface area contributed by atoms with Gasteiger partial charge in [0.25, 0.3) is 0 Å². The zero-order valence-electron chi connectivity index (χ0n) is 20.6. The molecule has 1 fully saturated rings. The van der Waals surface area contributed by atoms with Gasteiger partial charge in [-0.05, 0) is 57.1 Å². The SMILES string of the molecule is C[C@@H]1C[C@H](N(Cc2ccccc2)Cc2ccccc2)CC[C@H]1N(NC(=O)OC(C)(C)C)C(=O)O. The number of ether oxygens (including phenoxy) is 1. The number of hydrogen-bond acceptors (Lipinski definition) is 4. The van der Waals surface area contributed by atoms with Crippen LogP contribution < -0.4 is 5.43 Å². The summed E-state index contributed by atoms with van der Waals surface area (Å²) in [6.45, 7) is 8.97. The standard InChI is InChI=1S/C27H37N3O4/c1-20-17-23(15-16-24(20)30(26(32)33)28-25(31)34-27(2,3)4)29(18-21-11-7-5-8-12-21)19-22-13-9-6-10-14-22/h5-14,20,23-24H,15-19H2,1-4H3,(H,28,31)(H,32,33)/t20-,23-,24-/m1/s1. The molecule has 7 nitrogen and oxygen atoms in total. The number of carbonyl (C=O) groups excluding carboxylic acids is 1. The van der Waals surface area contributed by atoms with Gasteiger partial charge in [-0.15, -0.1) is 0 Å². The van der Waals surface area contributed by atoms with Gasteiger partial charge in [0.1, 0.15) is 5.60 Å². The molecular formula is C27H37N3O4. The van der Waals surface area contributed by atoms with Crippen LogP contribution in [0.3, 0.4) is 0 Å². The number of carboxylic acid groups (broad SMARTS) is 1. The van der Waals surface area contributed by atoms with Crippen LogP contribution >= 0.6 is 0 Å². The molecule has 184 valence electrons. The minimum atomic E-state index is -1.17. The molecule has 0 unspecified atom stereocenters. The van der Waals surface area contributed by atoms with Gasteiger partial charge in [0.05, 0.1) is 6.04 Å². The van der Waals surface area contributed by atoms with Gasteiger partial charge < -0.3 is 9.84 Å². The van der Waals surface area contributed by atoms with E-state index in [0.29, 0.717) is 12.5 Å². The van der Waals surface area contributed by atoms with Crippen molar-refractivity contribution in [1.82, 2.24) is 15.3 Å². The summed E-state index contributed by atoms with van der Waals surface area (Å²) in [6.07, 6.45) is 0.414. The van der Waals surface area contributed by atoms with E-state index in [2.05, 4.69) is 65.8 Å². The summed E-state index contributed by atoms with van der Waals surface area (Å²) in [4.78, 5) is 26.7. The van der Waals surface area contributed by atoms with Gasteiger partial charge in [0.2, 0.25) is 0 Å². The molecule has 1 saturated carbocycles. The Hall–Kier alpha value is -3.06. The third-order valence-corrected chi connectivity index (χ3v) is 6.22. The molecule has 2 amide bonds. The highest BCUT2D eigenvalue weighted by atomic mass is 16.6. The molecule has 3 atom stereocenters. The van der Waals surface area contributed by atoms with Crippen molar-refractivity contribution in [3.05, 3.63) is 71.8 Å². The first kappa shape index (κ1) is 25.6. The second-order valence-corrected chi connectivity index (χ2v) is 10.2. The van der Waals surface area contributed by atoms with Crippen LogP contribution in [0.15, 0.2) is 60.7 Å². The number of hydrazine groups is 1. The van der Waals surface area contributed by atoms with Crippen molar-refractivity contribution in [2.75, 3.05) is 0 Å². The zero-order chi connectivity index (χ0) is 24.7. The van der Waals surface area contributed by atoms with Crippen molar-refractivity contribution in [2.45, 2.75) is 77.7 Å². The first-order chi connectivity index (χ1) is 16.1. The van der Waals surface area contributed by atoms with E-state index in [9.17, 15) is 14.7 Å². The number of hydrogen-bond donors (Lipinski definition) is 2. The Balaban J connectivity index is 1.71. The number of benzene rings is 2. The van der Waals surface area contributed by atoms with Gasteiger partial charge in [-0.1, -0.05) is 67.6 Å². The molecule has 2 N–H and O–H groups in total. The monoisotopic (exact) mass is 467 g/mol. The van der Waals surface area contributed by atoms with Gasteiger partial charge in [0, 0.05) is 19.1 Å². The summed E-state index contributed by atoms with van der Waals surface area (Å²) in [5.41, 5.74) is 4.27. The fraction of sp³-hybridized carbons (Fsp3) is 0.481. The molecular weight excluding hydrogens is 430 g/mol. The van der Waals surface area contributed by atoms with Crippen LogP contribution in [0.1, 0.15) is 58.1 Å². The topological polar surface area (TPSA) is 82.1 Å². The zero-order valence-corrected chi connectivity index (χ0v) is 20.6. The van der Waals surface area contributed by atoms with Crippen LogP contribution in [0.4, 0.5) is 9.59 Å². The van der Waals surface area contributed by atoms with Crippen molar-refractivity contribution >= 4 is 12.2 Å². The molecule has 2 aromatic carbocycles. The largest absolute Gasteiger partial charge is 0.464 e. The lowest BCUT2D eigenvalue weighted by Gasteiger charge is -2.43. The summed E-state index contributed by atoms with van der Waals surface area (Å²) < 4.78 is 5.27. The van der Waals surface area contributed by atoms with Crippen molar-refractivity contribution in [3.8, 4) is 0 Å². The summed E-state index contributed by atoms with van der Waals surface area (Å²) in [5.74, 6) is 0.0684. The lowest BCUT2D eigenvalue weighted by molar-refractivity contribution is 0.00384. The van der Waals surface area contributed by atoms with Crippen LogP contribution in [0, 0.1) is 5.92 Å². The Morgan fingerprint density at radius 3 is 1.94 bits per heavy atom. The van der Waals surface area contributed by atoms with Crippen molar-refractivity contribution < 1.29 is 19.4 Å². The van der Waals surface area contributed by atoms with E-state index in [4.69, 9.17) is 4.74 Å².